The largest absolute Gasteiger partial charge is 0.490 e. The normalized spacial score (nSPS) is 26.7. The standard InChI is InChI=1S/C17H17ClN4O4S.C2HF3O2/c18-9-5-7-2-4-25-13(14(7)27-9)12-10(23)11(24)17(26-12)22-3-1-8-15(19)20-6-21-16(8)22;3-2(4,5)1(6)7/h1,3,5-6,10-13,17,23-24H,2,4H2,(H2,19,20,21);(H,6,7)/t10-,11+,12-,13+,17+;/m0./s1. The molecular formula is C19H18ClF3N4O6S. The molecule has 5 heterocycles. The van der Waals surface area contributed by atoms with E-state index < -0.39 is 42.8 Å². The number of fused-ring (bicyclic) bond motifs is 2. The number of nitrogen functional groups attached to an aromatic ring is 1. The van der Waals surface area contributed by atoms with Gasteiger partial charge in [0.25, 0.3) is 0 Å². The summed E-state index contributed by atoms with van der Waals surface area (Å²) in [7, 11) is 0. The second kappa shape index (κ2) is 9.28. The minimum Gasteiger partial charge on any atom is -0.475 e. The highest BCUT2D eigenvalue weighted by Gasteiger charge is 2.49. The highest BCUT2D eigenvalue weighted by atomic mass is 35.5. The van der Waals surface area contributed by atoms with Crippen molar-refractivity contribution in [3.05, 3.63) is 39.4 Å². The number of alkyl halides is 3. The lowest BCUT2D eigenvalue weighted by molar-refractivity contribution is -0.192. The molecule has 0 spiro atoms. The van der Waals surface area contributed by atoms with Crippen molar-refractivity contribution in [1.82, 2.24) is 14.5 Å². The minimum absolute atomic E-state index is 0.344. The van der Waals surface area contributed by atoms with Crippen molar-refractivity contribution in [3.8, 4) is 0 Å². The van der Waals surface area contributed by atoms with Gasteiger partial charge in [0.1, 0.15) is 42.2 Å². The fourth-order valence-electron chi connectivity index (χ4n) is 3.82. The van der Waals surface area contributed by atoms with Crippen LogP contribution in [0.25, 0.3) is 11.0 Å². The van der Waals surface area contributed by atoms with Gasteiger partial charge in [0.15, 0.2) is 6.23 Å². The fourth-order valence-corrected chi connectivity index (χ4v) is 5.22. The Bertz CT molecular complexity index is 1200. The number of hydrogen-bond acceptors (Lipinski definition) is 9. The molecule has 15 heteroatoms. The first-order chi connectivity index (χ1) is 16.0. The van der Waals surface area contributed by atoms with Crippen LogP contribution in [0.4, 0.5) is 19.0 Å². The van der Waals surface area contributed by atoms with Gasteiger partial charge in [0, 0.05) is 11.1 Å². The van der Waals surface area contributed by atoms with E-state index in [0.29, 0.717) is 27.8 Å². The SMILES string of the molecule is Nc1ncnc2c1ccn2[C@@H]1O[C@H]([C@H]2OCCc3cc(Cl)sc32)[C@@H](O)[C@H]1O.O=C(O)C(F)(F)F. The predicted molar refractivity (Wildman–Crippen MR) is 113 cm³/mol. The van der Waals surface area contributed by atoms with Gasteiger partial charge in [-0.25, -0.2) is 14.8 Å². The summed E-state index contributed by atoms with van der Waals surface area (Å²) in [5.74, 6) is -2.41. The van der Waals surface area contributed by atoms with E-state index in [2.05, 4.69) is 9.97 Å². The van der Waals surface area contributed by atoms with Crippen LogP contribution in [0.1, 0.15) is 22.8 Å². The zero-order chi connectivity index (χ0) is 24.8. The quantitative estimate of drug-likeness (QED) is 0.397. The van der Waals surface area contributed by atoms with E-state index >= 15 is 0 Å². The molecular weight excluding hydrogens is 505 g/mol. The van der Waals surface area contributed by atoms with Gasteiger partial charge in [0.2, 0.25) is 0 Å². The third-order valence-electron chi connectivity index (χ3n) is 5.37. The Morgan fingerprint density at radius 1 is 1.29 bits per heavy atom. The minimum atomic E-state index is -5.08. The smallest absolute Gasteiger partial charge is 0.475 e. The number of carboxylic acid groups (broad SMARTS) is 1. The van der Waals surface area contributed by atoms with E-state index in [9.17, 15) is 23.4 Å². The van der Waals surface area contributed by atoms with Crippen molar-refractivity contribution in [2.45, 2.75) is 43.2 Å². The average molecular weight is 523 g/mol. The summed E-state index contributed by atoms with van der Waals surface area (Å²) < 4.78 is 46.0. The van der Waals surface area contributed by atoms with Gasteiger partial charge in [0.05, 0.1) is 16.3 Å². The lowest BCUT2D eigenvalue weighted by Crippen LogP contribution is -2.37. The lowest BCUT2D eigenvalue weighted by atomic mass is 9.99. The molecule has 1 fully saturated rings. The van der Waals surface area contributed by atoms with Gasteiger partial charge < -0.3 is 35.1 Å². The van der Waals surface area contributed by atoms with Crippen LogP contribution in [0.5, 0.6) is 0 Å². The lowest BCUT2D eigenvalue weighted by Gasteiger charge is -2.29. The van der Waals surface area contributed by atoms with E-state index in [-0.39, 0.29) is 0 Å². The molecule has 0 aliphatic carbocycles. The molecule has 0 amide bonds. The van der Waals surface area contributed by atoms with Crippen molar-refractivity contribution in [1.29, 1.82) is 0 Å². The number of rotatable bonds is 2. The number of carboxylic acids is 1. The molecule has 0 radical (unpaired) electrons. The Kier molecular flexibility index (Phi) is 6.72. The molecule has 0 saturated carbocycles. The molecule has 0 aromatic carbocycles. The van der Waals surface area contributed by atoms with Gasteiger partial charge in [-0.3, -0.25) is 0 Å². The van der Waals surface area contributed by atoms with Crippen LogP contribution >= 0.6 is 22.9 Å². The molecule has 2 aliphatic heterocycles. The van der Waals surface area contributed by atoms with Crippen molar-refractivity contribution < 1.29 is 42.8 Å². The summed E-state index contributed by atoms with van der Waals surface area (Å²) in [4.78, 5) is 18.0. The summed E-state index contributed by atoms with van der Waals surface area (Å²) >= 11 is 7.57. The van der Waals surface area contributed by atoms with E-state index in [1.54, 1.807) is 16.8 Å². The summed E-state index contributed by atoms with van der Waals surface area (Å²) in [5.41, 5.74) is 7.51. The maximum Gasteiger partial charge on any atom is 0.490 e. The van der Waals surface area contributed by atoms with E-state index in [0.717, 1.165) is 16.9 Å². The van der Waals surface area contributed by atoms with Crippen LogP contribution in [-0.4, -0.2) is 66.9 Å². The van der Waals surface area contributed by atoms with E-state index in [1.165, 1.54) is 17.7 Å². The molecule has 10 nitrogen and oxygen atoms in total. The number of nitrogens with two attached hydrogens (primary N) is 1. The maximum absolute atomic E-state index is 10.7. The van der Waals surface area contributed by atoms with E-state index in [4.69, 9.17) is 36.7 Å². The average Bonchev–Trinajstić information content (AvgIpc) is 3.44. The fraction of sp³-hybridized carbons (Fsp3) is 0.421. The molecule has 184 valence electrons. The summed E-state index contributed by atoms with van der Waals surface area (Å²) in [5, 5.41) is 29.1. The van der Waals surface area contributed by atoms with Crippen molar-refractivity contribution in [2.24, 2.45) is 0 Å². The zero-order valence-electron chi connectivity index (χ0n) is 17.0. The highest BCUT2D eigenvalue weighted by molar-refractivity contribution is 7.16. The second-order valence-corrected chi connectivity index (χ2v) is 9.19. The number of ether oxygens (including phenoxy) is 2. The van der Waals surface area contributed by atoms with Gasteiger partial charge >= 0.3 is 12.1 Å². The third kappa shape index (κ3) is 4.56. The van der Waals surface area contributed by atoms with Gasteiger partial charge in [-0.05, 0) is 24.1 Å². The maximum atomic E-state index is 10.7. The number of thiophene rings is 1. The Morgan fingerprint density at radius 2 is 2.00 bits per heavy atom. The Balaban J connectivity index is 0.000000344. The number of aromatic nitrogens is 3. The molecule has 5 N–H and O–H groups in total. The molecule has 3 aromatic heterocycles. The van der Waals surface area contributed by atoms with Crippen LogP contribution in [0.2, 0.25) is 4.34 Å². The third-order valence-corrected chi connectivity index (χ3v) is 6.74. The van der Waals surface area contributed by atoms with Gasteiger partial charge in [-0.15, -0.1) is 11.3 Å². The first-order valence-corrected chi connectivity index (χ1v) is 11.0. The van der Waals surface area contributed by atoms with Crippen LogP contribution in [0, 0.1) is 0 Å². The Hall–Kier alpha value is -2.49. The number of carbonyl (C=O) groups is 1. The number of aliphatic hydroxyl groups excluding tert-OH is 2. The number of nitrogens with zero attached hydrogens (tertiary/aromatic N) is 3. The summed E-state index contributed by atoms with van der Waals surface area (Å²) in [6, 6.07) is 3.68. The molecule has 3 aromatic rings. The summed E-state index contributed by atoms with van der Waals surface area (Å²) in [6.45, 7) is 0.508. The van der Waals surface area contributed by atoms with Gasteiger partial charge in [-0.1, -0.05) is 11.6 Å². The highest BCUT2D eigenvalue weighted by Crippen LogP contribution is 2.44. The topological polar surface area (TPSA) is 153 Å². The molecule has 5 rings (SSSR count). The van der Waals surface area contributed by atoms with Crippen LogP contribution in [0.3, 0.4) is 0 Å². The Morgan fingerprint density at radius 3 is 2.68 bits per heavy atom. The molecule has 34 heavy (non-hydrogen) atoms. The molecule has 0 unspecified atom stereocenters. The summed E-state index contributed by atoms with van der Waals surface area (Å²) in [6.07, 6.45) is -5.54. The molecule has 2 aliphatic rings. The zero-order valence-corrected chi connectivity index (χ0v) is 18.6. The van der Waals surface area contributed by atoms with Crippen LogP contribution in [-0.2, 0) is 20.7 Å². The molecule has 5 atom stereocenters. The molecule has 0 bridgehead atoms. The van der Waals surface area contributed by atoms with Crippen molar-refractivity contribution in [3.63, 3.8) is 0 Å². The van der Waals surface area contributed by atoms with Crippen LogP contribution < -0.4 is 5.73 Å². The number of anilines is 1. The van der Waals surface area contributed by atoms with E-state index in [1.807, 2.05) is 6.07 Å². The molecule has 1 saturated heterocycles. The van der Waals surface area contributed by atoms with Crippen molar-refractivity contribution in [2.75, 3.05) is 12.3 Å². The second-order valence-electron chi connectivity index (χ2n) is 7.48. The monoisotopic (exact) mass is 522 g/mol. The Labute approximate surface area is 198 Å². The number of halogens is 4. The van der Waals surface area contributed by atoms with Crippen LogP contribution in [0.15, 0.2) is 24.7 Å². The number of aliphatic carboxylic acids is 1. The van der Waals surface area contributed by atoms with Gasteiger partial charge in [-0.2, -0.15) is 13.2 Å². The first kappa shape index (κ1) is 24.6. The number of aliphatic hydroxyl groups is 2. The first-order valence-electron chi connectivity index (χ1n) is 9.77. The van der Waals surface area contributed by atoms with Crippen molar-refractivity contribution >= 4 is 45.8 Å². The number of hydrogen-bond donors (Lipinski definition) is 4. The predicted octanol–water partition coefficient (Wildman–Crippen LogP) is 2.29.